The van der Waals surface area contributed by atoms with Crippen LogP contribution in [0.15, 0.2) is 12.2 Å². The normalized spacial score (nSPS) is 10.3. The van der Waals surface area contributed by atoms with Crippen molar-refractivity contribution >= 4 is 11.8 Å². The summed E-state index contributed by atoms with van der Waals surface area (Å²) in [6.45, 7) is 1.82. The largest absolute Gasteiger partial charge is 0.481 e. The van der Waals surface area contributed by atoms with Crippen LogP contribution in [-0.2, 0) is 9.59 Å². The Kier molecular flexibility index (Phi) is 5.07. The maximum absolute atomic E-state index is 10.8. The SMILES string of the molecule is C/C=C/CC(=O)CCC(=O)O. The lowest BCUT2D eigenvalue weighted by molar-refractivity contribution is -0.138. The van der Waals surface area contributed by atoms with Gasteiger partial charge in [-0.2, -0.15) is 0 Å². The molecule has 0 heterocycles. The van der Waals surface area contributed by atoms with E-state index in [1.54, 1.807) is 12.2 Å². The molecule has 0 aromatic rings. The molecule has 0 saturated carbocycles. The van der Waals surface area contributed by atoms with Crippen molar-refractivity contribution in [3.05, 3.63) is 12.2 Å². The lowest BCUT2D eigenvalue weighted by Gasteiger charge is -1.91. The molecule has 0 amide bonds. The number of carboxylic acid groups (broad SMARTS) is 1. The van der Waals surface area contributed by atoms with E-state index in [1.807, 2.05) is 6.92 Å². The van der Waals surface area contributed by atoms with E-state index in [1.165, 1.54) is 0 Å². The third-order valence-electron chi connectivity index (χ3n) is 1.20. The van der Waals surface area contributed by atoms with Crippen LogP contribution in [0.25, 0.3) is 0 Å². The number of rotatable bonds is 5. The Bertz CT molecular complexity index is 170. The summed E-state index contributed by atoms with van der Waals surface area (Å²) in [7, 11) is 0. The standard InChI is InChI=1S/C8H12O3/c1-2-3-4-7(9)5-6-8(10)11/h2-3H,4-6H2,1H3,(H,10,11)/b3-2+. The smallest absolute Gasteiger partial charge is 0.303 e. The fourth-order valence-corrected chi connectivity index (χ4v) is 0.598. The number of hydrogen-bond acceptors (Lipinski definition) is 2. The van der Waals surface area contributed by atoms with E-state index in [0.717, 1.165) is 0 Å². The van der Waals surface area contributed by atoms with Gasteiger partial charge in [-0.15, -0.1) is 0 Å². The molecule has 0 aromatic carbocycles. The Morgan fingerprint density at radius 3 is 2.45 bits per heavy atom. The van der Waals surface area contributed by atoms with Crippen LogP contribution in [0.4, 0.5) is 0 Å². The first-order valence-electron chi connectivity index (χ1n) is 3.51. The maximum atomic E-state index is 10.8. The van der Waals surface area contributed by atoms with Crippen LogP contribution in [0.1, 0.15) is 26.2 Å². The molecule has 62 valence electrons. The van der Waals surface area contributed by atoms with Crippen molar-refractivity contribution in [3.8, 4) is 0 Å². The van der Waals surface area contributed by atoms with Gasteiger partial charge in [-0.3, -0.25) is 9.59 Å². The third kappa shape index (κ3) is 6.77. The van der Waals surface area contributed by atoms with Gasteiger partial charge < -0.3 is 5.11 Å². The van der Waals surface area contributed by atoms with Crippen LogP contribution < -0.4 is 0 Å². The summed E-state index contributed by atoms with van der Waals surface area (Å²) >= 11 is 0. The van der Waals surface area contributed by atoms with E-state index in [-0.39, 0.29) is 18.6 Å². The molecule has 0 bridgehead atoms. The van der Waals surface area contributed by atoms with Crippen molar-refractivity contribution in [1.82, 2.24) is 0 Å². The van der Waals surface area contributed by atoms with Crippen molar-refractivity contribution in [2.24, 2.45) is 0 Å². The van der Waals surface area contributed by atoms with E-state index >= 15 is 0 Å². The third-order valence-corrected chi connectivity index (χ3v) is 1.20. The molecule has 0 rings (SSSR count). The first-order valence-corrected chi connectivity index (χ1v) is 3.51. The second kappa shape index (κ2) is 5.65. The summed E-state index contributed by atoms with van der Waals surface area (Å²) in [6, 6.07) is 0. The van der Waals surface area contributed by atoms with Gasteiger partial charge >= 0.3 is 5.97 Å². The lowest BCUT2D eigenvalue weighted by atomic mass is 10.1. The van der Waals surface area contributed by atoms with Gasteiger partial charge in [-0.25, -0.2) is 0 Å². The van der Waals surface area contributed by atoms with Crippen LogP contribution in [0.2, 0.25) is 0 Å². The molecule has 0 aliphatic carbocycles. The summed E-state index contributed by atoms with van der Waals surface area (Å²) in [5, 5.41) is 8.22. The molecule has 0 aliphatic heterocycles. The van der Waals surface area contributed by atoms with E-state index in [4.69, 9.17) is 5.11 Å². The number of allylic oxidation sites excluding steroid dienone is 2. The van der Waals surface area contributed by atoms with Crippen molar-refractivity contribution in [3.63, 3.8) is 0 Å². The summed E-state index contributed by atoms with van der Waals surface area (Å²) < 4.78 is 0. The predicted molar refractivity (Wildman–Crippen MR) is 41.3 cm³/mol. The highest BCUT2D eigenvalue weighted by molar-refractivity contribution is 5.83. The fraction of sp³-hybridized carbons (Fsp3) is 0.500. The van der Waals surface area contributed by atoms with Crippen LogP contribution in [0.3, 0.4) is 0 Å². The minimum atomic E-state index is -0.918. The Hall–Kier alpha value is -1.12. The molecule has 3 heteroatoms. The molecule has 11 heavy (non-hydrogen) atoms. The number of carboxylic acids is 1. The summed E-state index contributed by atoms with van der Waals surface area (Å²) in [5.41, 5.74) is 0. The fourth-order valence-electron chi connectivity index (χ4n) is 0.598. The van der Waals surface area contributed by atoms with Gasteiger partial charge in [-0.1, -0.05) is 12.2 Å². The zero-order valence-electron chi connectivity index (χ0n) is 6.54. The number of aliphatic carboxylic acids is 1. The first-order chi connectivity index (χ1) is 5.16. The van der Waals surface area contributed by atoms with Crippen LogP contribution in [-0.4, -0.2) is 16.9 Å². The molecule has 0 atom stereocenters. The molecule has 0 radical (unpaired) electrons. The van der Waals surface area contributed by atoms with Gasteiger partial charge in [0.2, 0.25) is 0 Å². The average Bonchev–Trinajstić information content (AvgIpc) is 1.97. The molecule has 0 saturated heterocycles. The Morgan fingerprint density at radius 1 is 1.36 bits per heavy atom. The minimum Gasteiger partial charge on any atom is -0.481 e. The van der Waals surface area contributed by atoms with E-state index in [9.17, 15) is 9.59 Å². The Morgan fingerprint density at radius 2 is 2.00 bits per heavy atom. The highest BCUT2D eigenvalue weighted by atomic mass is 16.4. The highest BCUT2D eigenvalue weighted by Crippen LogP contribution is 1.95. The molecule has 3 nitrogen and oxygen atoms in total. The molecule has 0 aliphatic rings. The van der Waals surface area contributed by atoms with Gasteiger partial charge in [0, 0.05) is 12.8 Å². The van der Waals surface area contributed by atoms with Crippen LogP contribution in [0.5, 0.6) is 0 Å². The van der Waals surface area contributed by atoms with Gasteiger partial charge in [0.15, 0.2) is 0 Å². The van der Waals surface area contributed by atoms with E-state index in [2.05, 4.69) is 0 Å². The first kappa shape index (κ1) is 9.88. The van der Waals surface area contributed by atoms with E-state index < -0.39 is 5.97 Å². The van der Waals surface area contributed by atoms with Crippen molar-refractivity contribution in [2.75, 3.05) is 0 Å². The van der Waals surface area contributed by atoms with Crippen molar-refractivity contribution in [1.29, 1.82) is 0 Å². The summed E-state index contributed by atoms with van der Waals surface area (Å²) in [4.78, 5) is 20.8. The van der Waals surface area contributed by atoms with Gasteiger partial charge in [-0.05, 0) is 6.92 Å². The van der Waals surface area contributed by atoms with Crippen LogP contribution in [0, 0.1) is 0 Å². The van der Waals surface area contributed by atoms with E-state index in [0.29, 0.717) is 6.42 Å². The van der Waals surface area contributed by atoms with Gasteiger partial charge in [0.25, 0.3) is 0 Å². The Balaban J connectivity index is 3.45. The number of ketones is 1. The van der Waals surface area contributed by atoms with Gasteiger partial charge in [0.1, 0.15) is 5.78 Å². The topological polar surface area (TPSA) is 54.4 Å². The molecule has 0 spiro atoms. The number of carbonyl (C=O) groups is 2. The molecular weight excluding hydrogens is 144 g/mol. The second-order valence-corrected chi connectivity index (χ2v) is 2.21. The summed E-state index contributed by atoms with van der Waals surface area (Å²) in [6.07, 6.45) is 3.93. The van der Waals surface area contributed by atoms with Crippen LogP contribution >= 0.6 is 0 Å². The second-order valence-electron chi connectivity index (χ2n) is 2.21. The predicted octanol–water partition coefficient (Wildman–Crippen LogP) is 1.39. The average molecular weight is 156 g/mol. The zero-order chi connectivity index (χ0) is 8.69. The number of hydrogen-bond donors (Lipinski definition) is 1. The van der Waals surface area contributed by atoms with Gasteiger partial charge in [0.05, 0.1) is 6.42 Å². The highest BCUT2D eigenvalue weighted by Gasteiger charge is 2.02. The van der Waals surface area contributed by atoms with Crippen molar-refractivity contribution < 1.29 is 14.7 Å². The zero-order valence-corrected chi connectivity index (χ0v) is 6.54. The summed E-state index contributed by atoms with van der Waals surface area (Å²) in [5.74, 6) is -0.940. The quantitative estimate of drug-likeness (QED) is 0.612. The molecule has 0 fully saturated rings. The minimum absolute atomic E-state index is 0.0227. The molecular formula is C8H12O3. The Labute approximate surface area is 65.7 Å². The molecule has 0 unspecified atom stereocenters. The monoisotopic (exact) mass is 156 g/mol. The number of carbonyl (C=O) groups excluding carboxylic acids is 1. The molecule has 0 aromatic heterocycles. The van der Waals surface area contributed by atoms with Crippen molar-refractivity contribution in [2.45, 2.75) is 26.2 Å². The number of Topliss-reactive ketones (excluding diaryl/α,β-unsaturated/α-hetero) is 1. The molecule has 1 N–H and O–H groups in total. The lowest BCUT2D eigenvalue weighted by Crippen LogP contribution is -2.01. The maximum Gasteiger partial charge on any atom is 0.303 e.